The van der Waals surface area contributed by atoms with Crippen LogP contribution in [0.1, 0.15) is 20.7 Å². The van der Waals surface area contributed by atoms with Gasteiger partial charge in [-0.15, -0.1) is 11.3 Å². The molecule has 0 spiro atoms. The summed E-state index contributed by atoms with van der Waals surface area (Å²) in [4.78, 5) is 36.7. The van der Waals surface area contributed by atoms with Crippen LogP contribution in [0.5, 0.6) is 0 Å². The van der Waals surface area contributed by atoms with Crippen molar-refractivity contribution in [1.82, 2.24) is 4.40 Å². The molecule has 1 aromatic carbocycles. The topological polar surface area (TPSA) is 74.1 Å². The van der Waals surface area contributed by atoms with E-state index in [1.54, 1.807) is 12.1 Å². The van der Waals surface area contributed by atoms with Crippen LogP contribution in [0.4, 0.5) is 0 Å². The number of methoxy groups -OCH3 is 2. The van der Waals surface area contributed by atoms with Gasteiger partial charge >= 0.3 is 11.9 Å². The highest BCUT2D eigenvalue weighted by atomic mass is 32.1. The molecular formula is C15H11NO5S. The molecule has 0 aliphatic heterocycles. The Morgan fingerprint density at radius 3 is 2.45 bits per heavy atom. The second-order valence-electron chi connectivity index (χ2n) is 4.46. The second-order valence-corrected chi connectivity index (χ2v) is 5.50. The smallest absolute Gasteiger partial charge is 0.341 e. The first-order valence-electron chi connectivity index (χ1n) is 6.32. The number of aromatic nitrogens is 1. The number of benzene rings is 1. The van der Waals surface area contributed by atoms with Crippen molar-refractivity contribution in [2.24, 2.45) is 0 Å². The Balaban J connectivity index is 2.54. The summed E-state index contributed by atoms with van der Waals surface area (Å²) in [6.07, 6.45) is 0. The van der Waals surface area contributed by atoms with E-state index >= 15 is 0 Å². The largest absolute Gasteiger partial charge is 0.465 e. The van der Waals surface area contributed by atoms with Gasteiger partial charge < -0.3 is 9.47 Å². The molecule has 0 bridgehead atoms. The molecule has 2 heterocycles. The molecule has 22 heavy (non-hydrogen) atoms. The molecule has 0 aliphatic carbocycles. The normalized spacial score (nSPS) is 10.8. The summed E-state index contributed by atoms with van der Waals surface area (Å²) in [6.45, 7) is 0. The Morgan fingerprint density at radius 2 is 1.77 bits per heavy atom. The first-order valence-corrected chi connectivity index (χ1v) is 7.14. The van der Waals surface area contributed by atoms with Crippen LogP contribution in [0.2, 0.25) is 0 Å². The number of esters is 2. The number of hydrogen-bond acceptors (Lipinski definition) is 6. The number of pyridine rings is 1. The fourth-order valence-corrected chi connectivity index (χ4v) is 3.51. The summed E-state index contributed by atoms with van der Waals surface area (Å²) in [5.41, 5.74) is 0.218. The van der Waals surface area contributed by atoms with Crippen molar-refractivity contribution in [3.8, 4) is 0 Å². The van der Waals surface area contributed by atoms with Gasteiger partial charge in [0, 0.05) is 6.07 Å². The standard InChI is InChI=1S/C15H11NO5S/c1-20-14(18)8-7-11(17)16-9-5-3-4-6-10(9)22-13(16)12(8)15(19)21-2/h3-7H,1-2H3. The molecule has 0 atom stereocenters. The van der Waals surface area contributed by atoms with Gasteiger partial charge in [0.1, 0.15) is 10.4 Å². The quantitative estimate of drug-likeness (QED) is 0.677. The Kier molecular flexibility index (Phi) is 3.42. The highest BCUT2D eigenvalue weighted by molar-refractivity contribution is 7.24. The van der Waals surface area contributed by atoms with Crippen molar-refractivity contribution in [2.45, 2.75) is 0 Å². The lowest BCUT2D eigenvalue weighted by molar-refractivity contribution is 0.0556. The van der Waals surface area contributed by atoms with Gasteiger partial charge in [-0.2, -0.15) is 0 Å². The van der Waals surface area contributed by atoms with Gasteiger partial charge in [-0.1, -0.05) is 12.1 Å². The van der Waals surface area contributed by atoms with E-state index in [4.69, 9.17) is 4.74 Å². The third kappa shape index (κ3) is 1.98. The zero-order chi connectivity index (χ0) is 15.9. The maximum Gasteiger partial charge on any atom is 0.341 e. The first-order chi connectivity index (χ1) is 10.6. The van der Waals surface area contributed by atoms with Gasteiger partial charge in [-0.05, 0) is 12.1 Å². The number of rotatable bonds is 2. The van der Waals surface area contributed by atoms with Gasteiger partial charge in [0.25, 0.3) is 5.56 Å². The van der Waals surface area contributed by atoms with E-state index in [0.29, 0.717) is 10.3 Å². The van der Waals surface area contributed by atoms with E-state index in [2.05, 4.69) is 4.74 Å². The predicted molar refractivity (Wildman–Crippen MR) is 81.7 cm³/mol. The highest BCUT2D eigenvalue weighted by Gasteiger charge is 2.25. The molecule has 0 saturated carbocycles. The highest BCUT2D eigenvalue weighted by Crippen LogP contribution is 2.29. The average molecular weight is 317 g/mol. The van der Waals surface area contributed by atoms with Crippen LogP contribution < -0.4 is 5.56 Å². The minimum Gasteiger partial charge on any atom is -0.465 e. The van der Waals surface area contributed by atoms with Gasteiger partial charge in [0.2, 0.25) is 0 Å². The molecule has 0 unspecified atom stereocenters. The Bertz CT molecular complexity index is 969. The molecule has 0 radical (unpaired) electrons. The molecule has 112 valence electrons. The van der Waals surface area contributed by atoms with Crippen LogP contribution in [0.15, 0.2) is 35.1 Å². The molecule has 0 fully saturated rings. The predicted octanol–water partition coefficient (Wildman–Crippen LogP) is 2.09. The third-order valence-corrected chi connectivity index (χ3v) is 4.43. The molecule has 6 nitrogen and oxygen atoms in total. The zero-order valence-corrected chi connectivity index (χ0v) is 12.6. The van der Waals surface area contributed by atoms with Crippen LogP contribution in [0.25, 0.3) is 15.0 Å². The molecule has 2 aromatic heterocycles. The first kappa shape index (κ1) is 14.3. The fourth-order valence-electron chi connectivity index (χ4n) is 2.31. The zero-order valence-electron chi connectivity index (χ0n) is 11.8. The van der Waals surface area contributed by atoms with Crippen LogP contribution in [-0.4, -0.2) is 30.6 Å². The van der Waals surface area contributed by atoms with E-state index in [1.165, 1.54) is 30.0 Å². The third-order valence-electron chi connectivity index (χ3n) is 3.28. The van der Waals surface area contributed by atoms with E-state index in [1.807, 2.05) is 12.1 Å². The summed E-state index contributed by atoms with van der Waals surface area (Å²) in [5, 5.41) is 0. The maximum absolute atomic E-state index is 12.4. The number of para-hydroxylation sites is 1. The average Bonchev–Trinajstić information content (AvgIpc) is 2.92. The lowest BCUT2D eigenvalue weighted by atomic mass is 10.1. The summed E-state index contributed by atoms with van der Waals surface area (Å²) in [7, 11) is 2.41. The second kappa shape index (κ2) is 5.27. The number of carbonyl (C=O) groups excluding carboxylic acids is 2. The van der Waals surface area contributed by atoms with Crippen LogP contribution in [0, 0.1) is 0 Å². The lowest BCUT2D eigenvalue weighted by Crippen LogP contribution is -2.21. The number of carbonyl (C=O) groups is 2. The molecule has 3 aromatic rings. The van der Waals surface area contributed by atoms with Crippen molar-refractivity contribution < 1.29 is 19.1 Å². The van der Waals surface area contributed by atoms with E-state index < -0.39 is 17.5 Å². The minimum atomic E-state index is -0.752. The Morgan fingerprint density at radius 1 is 1.09 bits per heavy atom. The molecule has 0 saturated heterocycles. The summed E-state index contributed by atoms with van der Waals surface area (Å²) < 4.78 is 11.6. The van der Waals surface area contributed by atoms with Crippen molar-refractivity contribution in [1.29, 1.82) is 0 Å². The van der Waals surface area contributed by atoms with Crippen molar-refractivity contribution in [2.75, 3.05) is 14.2 Å². The SMILES string of the molecule is COC(=O)c1cc(=O)n2c(sc3ccccc32)c1C(=O)OC. The molecule has 0 N–H and O–H groups in total. The summed E-state index contributed by atoms with van der Waals surface area (Å²) >= 11 is 1.24. The van der Waals surface area contributed by atoms with Gasteiger partial charge in [-0.25, -0.2) is 9.59 Å². The van der Waals surface area contributed by atoms with E-state index in [0.717, 1.165) is 10.8 Å². The molecule has 0 amide bonds. The van der Waals surface area contributed by atoms with E-state index in [9.17, 15) is 14.4 Å². The van der Waals surface area contributed by atoms with Crippen LogP contribution in [0.3, 0.4) is 0 Å². The molecule has 7 heteroatoms. The molecular weight excluding hydrogens is 306 g/mol. The maximum atomic E-state index is 12.4. The van der Waals surface area contributed by atoms with E-state index in [-0.39, 0.29) is 11.1 Å². The lowest BCUT2D eigenvalue weighted by Gasteiger charge is -2.07. The Hall–Kier alpha value is -2.67. The van der Waals surface area contributed by atoms with Gasteiger partial charge in [0.15, 0.2) is 0 Å². The number of hydrogen-bond donors (Lipinski definition) is 0. The minimum absolute atomic E-state index is 0.0372. The summed E-state index contributed by atoms with van der Waals surface area (Å²) in [6, 6.07) is 8.35. The van der Waals surface area contributed by atoms with Crippen molar-refractivity contribution >= 4 is 38.3 Å². The van der Waals surface area contributed by atoms with Gasteiger partial charge in [0.05, 0.1) is 30.0 Å². The number of thiazole rings is 1. The molecule has 0 aliphatic rings. The van der Waals surface area contributed by atoms with Crippen LogP contribution in [-0.2, 0) is 9.47 Å². The Labute approximate surface area is 128 Å². The van der Waals surface area contributed by atoms with Crippen molar-refractivity contribution in [3.63, 3.8) is 0 Å². The fraction of sp³-hybridized carbons (Fsp3) is 0.133. The molecule has 3 rings (SSSR count). The van der Waals surface area contributed by atoms with Crippen molar-refractivity contribution in [3.05, 3.63) is 51.8 Å². The number of nitrogens with zero attached hydrogens (tertiary/aromatic N) is 1. The van der Waals surface area contributed by atoms with Crippen LogP contribution >= 0.6 is 11.3 Å². The van der Waals surface area contributed by atoms with Gasteiger partial charge in [-0.3, -0.25) is 9.20 Å². The summed E-state index contributed by atoms with van der Waals surface area (Å²) in [5.74, 6) is -1.44. The number of ether oxygens (including phenoxy) is 2. The monoisotopic (exact) mass is 317 g/mol. The number of fused-ring (bicyclic) bond motifs is 3.